The van der Waals surface area contributed by atoms with E-state index in [1.54, 1.807) is 0 Å². The number of rotatable bonds is 1. The lowest BCUT2D eigenvalue weighted by Gasteiger charge is -2.32. The van der Waals surface area contributed by atoms with E-state index in [9.17, 15) is 0 Å². The van der Waals surface area contributed by atoms with E-state index in [1.165, 1.54) is 21.9 Å². The zero-order valence-corrected chi connectivity index (χ0v) is 16.2. The standard InChI is InChI=1S/C23H23BO3/c1-22(2)23(3,4)27-24(26-22)19-11-7-10-18-20-16(14-25-21(18)19)13-12-15-8-5-6-9-17(15)20/h5-13H,14H2,1-4H3. The molecule has 0 radical (unpaired) electrons. The number of benzene rings is 3. The molecule has 0 saturated carbocycles. The molecule has 2 aliphatic rings. The summed E-state index contributed by atoms with van der Waals surface area (Å²) in [7, 11) is -0.429. The van der Waals surface area contributed by atoms with Crippen LogP contribution in [0, 0.1) is 0 Å². The topological polar surface area (TPSA) is 27.7 Å². The molecule has 2 heterocycles. The Balaban J connectivity index is 1.68. The third kappa shape index (κ3) is 2.44. The summed E-state index contributed by atoms with van der Waals surface area (Å²) in [5, 5.41) is 2.50. The second-order valence-corrected chi connectivity index (χ2v) is 8.42. The van der Waals surface area contributed by atoms with Crippen molar-refractivity contribution in [2.75, 3.05) is 0 Å². The number of fused-ring (bicyclic) bond motifs is 5. The van der Waals surface area contributed by atoms with Crippen LogP contribution in [0.3, 0.4) is 0 Å². The monoisotopic (exact) mass is 358 g/mol. The highest BCUT2D eigenvalue weighted by molar-refractivity contribution is 6.63. The maximum Gasteiger partial charge on any atom is 0.498 e. The fraction of sp³-hybridized carbons (Fsp3) is 0.304. The van der Waals surface area contributed by atoms with Crippen LogP contribution in [-0.4, -0.2) is 18.3 Å². The fourth-order valence-electron chi connectivity index (χ4n) is 3.97. The van der Waals surface area contributed by atoms with E-state index in [-0.39, 0.29) is 11.2 Å². The lowest BCUT2D eigenvalue weighted by Crippen LogP contribution is -2.41. The average Bonchev–Trinajstić information content (AvgIpc) is 2.87. The SMILES string of the molecule is CC1(C)OB(c2cccc3c2OCc2ccc4ccccc4c2-3)OC1(C)C. The van der Waals surface area contributed by atoms with E-state index < -0.39 is 7.12 Å². The average molecular weight is 358 g/mol. The van der Waals surface area contributed by atoms with E-state index >= 15 is 0 Å². The molecule has 1 saturated heterocycles. The van der Waals surface area contributed by atoms with Gasteiger partial charge in [0.2, 0.25) is 0 Å². The van der Waals surface area contributed by atoms with Crippen molar-refractivity contribution in [1.82, 2.24) is 0 Å². The molecule has 0 N–H and O–H groups in total. The molecule has 27 heavy (non-hydrogen) atoms. The third-order valence-electron chi connectivity index (χ3n) is 6.21. The summed E-state index contributed by atoms with van der Waals surface area (Å²) in [4.78, 5) is 0. The molecule has 4 heteroatoms. The molecule has 3 nitrogen and oxygen atoms in total. The van der Waals surface area contributed by atoms with Gasteiger partial charge in [0.15, 0.2) is 0 Å². The summed E-state index contributed by atoms with van der Waals surface area (Å²) < 4.78 is 18.8. The van der Waals surface area contributed by atoms with Crippen LogP contribution >= 0.6 is 0 Å². The van der Waals surface area contributed by atoms with Crippen molar-refractivity contribution in [3.63, 3.8) is 0 Å². The third-order valence-corrected chi connectivity index (χ3v) is 6.21. The molecule has 3 aromatic rings. The molecule has 0 unspecified atom stereocenters. The Morgan fingerprint density at radius 2 is 1.56 bits per heavy atom. The molecule has 0 amide bonds. The van der Waals surface area contributed by atoms with Crippen LogP contribution in [0.5, 0.6) is 5.75 Å². The van der Waals surface area contributed by atoms with Crippen LogP contribution in [0.1, 0.15) is 33.3 Å². The summed E-state index contributed by atoms with van der Waals surface area (Å²) in [5.74, 6) is 0.875. The minimum absolute atomic E-state index is 0.375. The van der Waals surface area contributed by atoms with E-state index in [0.29, 0.717) is 6.61 Å². The predicted octanol–water partition coefficient (Wildman–Crippen LogP) is 4.70. The molecular weight excluding hydrogens is 335 g/mol. The lowest BCUT2D eigenvalue weighted by atomic mass is 9.75. The van der Waals surface area contributed by atoms with Gasteiger partial charge in [0.1, 0.15) is 12.4 Å². The highest BCUT2D eigenvalue weighted by atomic mass is 16.7. The molecule has 0 spiro atoms. The normalized spacial score (nSPS) is 19.5. The molecule has 0 aromatic heterocycles. The van der Waals surface area contributed by atoms with Gasteiger partial charge in [-0.05, 0) is 49.6 Å². The molecule has 5 rings (SSSR count). The van der Waals surface area contributed by atoms with E-state index in [4.69, 9.17) is 14.0 Å². The van der Waals surface area contributed by atoms with Crippen molar-refractivity contribution in [2.45, 2.75) is 45.5 Å². The molecule has 136 valence electrons. The summed E-state index contributed by atoms with van der Waals surface area (Å²) in [6, 6.07) is 19.1. The fourth-order valence-corrected chi connectivity index (χ4v) is 3.97. The van der Waals surface area contributed by atoms with Gasteiger partial charge in [-0.25, -0.2) is 0 Å². The van der Waals surface area contributed by atoms with Crippen molar-refractivity contribution in [2.24, 2.45) is 0 Å². The highest BCUT2D eigenvalue weighted by Crippen LogP contribution is 2.43. The summed E-state index contributed by atoms with van der Waals surface area (Å²) in [6.45, 7) is 8.86. The minimum Gasteiger partial charge on any atom is -0.489 e. The Labute approximate surface area is 160 Å². The molecule has 0 atom stereocenters. The van der Waals surface area contributed by atoms with Crippen LogP contribution in [0.15, 0.2) is 54.6 Å². The van der Waals surface area contributed by atoms with Crippen LogP contribution in [0.25, 0.3) is 21.9 Å². The van der Waals surface area contributed by atoms with E-state index in [0.717, 1.165) is 16.8 Å². The first-order valence-corrected chi connectivity index (χ1v) is 9.50. The van der Waals surface area contributed by atoms with Gasteiger partial charge in [-0.1, -0.05) is 54.6 Å². The maximum absolute atomic E-state index is 6.29. The first-order valence-electron chi connectivity index (χ1n) is 9.50. The number of ether oxygens (including phenoxy) is 1. The van der Waals surface area contributed by atoms with Gasteiger partial charge in [-0.3, -0.25) is 0 Å². The largest absolute Gasteiger partial charge is 0.498 e. The number of hydrogen-bond donors (Lipinski definition) is 0. The second-order valence-electron chi connectivity index (χ2n) is 8.42. The Hall–Kier alpha value is -2.30. The first kappa shape index (κ1) is 16.8. The summed E-state index contributed by atoms with van der Waals surface area (Å²) >= 11 is 0. The smallest absolute Gasteiger partial charge is 0.489 e. The molecule has 0 aliphatic carbocycles. The van der Waals surface area contributed by atoms with Crippen LogP contribution in [0.4, 0.5) is 0 Å². The number of para-hydroxylation sites is 1. The highest BCUT2D eigenvalue weighted by Gasteiger charge is 2.52. The van der Waals surface area contributed by atoms with Gasteiger partial charge in [-0.15, -0.1) is 0 Å². The van der Waals surface area contributed by atoms with Crippen molar-refractivity contribution in [1.29, 1.82) is 0 Å². The molecule has 1 fully saturated rings. The van der Waals surface area contributed by atoms with Crippen LogP contribution in [0.2, 0.25) is 0 Å². The van der Waals surface area contributed by atoms with Gasteiger partial charge in [0.25, 0.3) is 0 Å². The van der Waals surface area contributed by atoms with Gasteiger partial charge < -0.3 is 14.0 Å². The number of hydrogen-bond acceptors (Lipinski definition) is 3. The zero-order valence-electron chi connectivity index (χ0n) is 16.2. The summed E-state index contributed by atoms with van der Waals surface area (Å²) in [6.07, 6.45) is 0. The Bertz CT molecular complexity index is 1040. The van der Waals surface area contributed by atoms with Crippen molar-refractivity contribution >= 4 is 23.4 Å². The first-order chi connectivity index (χ1) is 12.9. The van der Waals surface area contributed by atoms with Crippen molar-refractivity contribution < 1.29 is 14.0 Å². The van der Waals surface area contributed by atoms with Crippen molar-refractivity contribution in [3.05, 3.63) is 60.2 Å². The Kier molecular flexibility index (Phi) is 3.50. The quantitative estimate of drug-likeness (QED) is 0.591. The lowest BCUT2D eigenvalue weighted by molar-refractivity contribution is 0.00578. The molecule has 3 aromatic carbocycles. The summed E-state index contributed by atoms with van der Waals surface area (Å²) in [5.41, 5.74) is 3.80. The molecular formula is C23H23BO3. The molecule has 0 bridgehead atoms. The molecule has 2 aliphatic heterocycles. The predicted molar refractivity (Wildman–Crippen MR) is 109 cm³/mol. The van der Waals surface area contributed by atoms with Gasteiger partial charge >= 0.3 is 7.12 Å². The second kappa shape index (κ2) is 5.60. The van der Waals surface area contributed by atoms with E-state index in [1.807, 2.05) is 0 Å². The van der Waals surface area contributed by atoms with Gasteiger partial charge in [0.05, 0.1) is 11.2 Å². The van der Waals surface area contributed by atoms with E-state index in [2.05, 4.69) is 82.3 Å². The Morgan fingerprint density at radius 3 is 2.33 bits per heavy atom. The van der Waals surface area contributed by atoms with Crippen LogP contribution < -0.4 is 10.2 Å². The van der Waals surface area contributed by atoms with Gasteiger partial charge in [0, 0.05) is 11.0 Å². The maximum atomic E-state index is 6.29. The van der Waals surface area contributed by atoms with Gasteiger partial charge in [-0.2, -0.15) is 0 Å². The zero-order chi connectivity index (χ0) is 18.8. The van der Waals surface area contributed by atoms with Crippen LogP contribution in [-0.2, 0) is 15.9 Å². The minimum atomic E-state index is -0.429. The van der Waals surface area contributed by atoms with Crippen molar-refractivity contribution in [3.8, 4) is 16.9 Å². The Morgan fingerprint density at radius 1 is 0.815 bits per heavy atom.